The van der Waals surface area contributed by atoms with Crippen LogP contribution >= 0.6 is 11.6 Å². The fourth-order valence-electron chi connectivity index (χ4n) is 5.81. The number of fused-ring (bicyclic) bond motifs is 1. The Balaban J connectivity index is 1.86. The van der Waals surface area contributed by atoms with E-state index in [4.69, 9.17) is 16.6 Å². The van der Waals surface area contributed by atoms with E-state index >= 15 is 4.39 Å². The topological polar surface area (TPSA) is 107 Å². The van der Waals surface area contributed by atoms with Crippen LogP contribution in [-0.4, -0.2) is 66.3 Å². The number of halogens is 2. The smallest absolute Gasteiger partial charge is 0.355 e. The second kappa shape index (κ2) is 12.3. The molecule has 230 valence electrons. The standard InChI is InChI=1S/C32H34ClFN6O3S/c1-8-25(41)38-15-20(6)39(16-19(38)5)30-21-14-22(33)28(26-23(34)10-9-11-24(26)44(7)43)36-31(21)40(32(42)37-30)29-18(4)12-13-35-27(29)17(2)3/h8-14,17,19-20H,1,15-16H2,2-7H3/t19-,20+,44?/m1/s1. The first-order chi connectivity index (χ1) is 20.8. The largest absolute Gasteiger partial charge is 0.612 e. The summed E-state index contributed by atoms with van der Waals surface area (Å²) in [6, 6.07) is 7.32. The molecule has 0 radical (unpaired) electrons. The van der Waals surface area contributed by atoms with Gasteiger partial charge in [0.2, 0.25) is 5.91 Å². The summed E-state index contributed by atoms with van der Waals surface area (Å²) in [5, 5.41) is 0.574. The highest BCUT2D eigenvalue weighted by Crippen LogP contribution is 2.38. The minimum atomic E-state index is -1.55. The van der Waals surface area contributed by atoms with Gasteiger partial charge >= 0.3 is 5.69 Å². The molecule has 0 bridgehead atoms. The number of nitrogens with zero attached hydrogens (tertiary/aromatic N) is 6. The molecule has 3 atom stereocenters. The Labute approximate surface area is 263 Å². The van der Waals surface area contributed by atoms with Crippen molar-refractivity contribution in [2.45, 2.75) is 57.5 Å². The monoisotopic (exact) mass is 636 g/mol. The maximum absolute atomic E-state index is 15.4. The molecule has 1 saturated heterocycles. The van der Waals surface area contributed by atoms with Crippen LogP contribution in [0.5, 0.6) is 0 Å². The maximum Gasteiger partial charge on any atom is 0.355 e. The van der Waals surface area contributed by atoms with Crippen LogP contribution in [0.15, 0.2) is 58.9 Å². The van der Waals surface area contributed by atoms with Crippen LogP contribution in [0.2, 0.25) is 5.02 Å². The van der Waals surface area contributed by atoms with Gasteiger partial charge in [-0.15, -0.1) is 0 Å². The number of benzene rings is 1. The van der Waals surface area contributed by atoms with Crippen molar-refractivity contribution in [1.82, 2.24) is 24.4 Å². The summed E-state index contributed by atoms with van der Waals surface area (Å²) < 4.78 is 29.5. The van der Waals surface area contributed by atoms with E-state index in [0.717, 1.165) is 5.56 Å². The van der Waals surface area contributed by atoms with Gasteiger partial charge in [0.1, 0.15) is 17.9 Å². The molecule has 9 nitrogen and oxygen atoms in total. The van der Waals surface area contributed by atoms with Crippen molar-refractivity contribution in [3.8, 4) is 16.9 Å². The van der Waals surface area contributed by atoms with Crippen LogP contribution in [0.4, 0.5) is 10.2 Å². The molecular formula is C32H34ClFN6O3S. The van der Waals surface area contributed by atoms with Crippen LogP contribution in [0.1, 0.15) is 44.9 Å². The number of hydrogen-bond acceptors (Lipinski definition) is 7. The van der Waals surface area contributed by atoms with E-state index in [0.29, 0.717) is 35.7 Å². The Morgan fingerprint density at radius 1 is 1.20 bits per heavy atom. The first-order valence-corrected chi connectivity index (χ1v) is 16.2. The summed E-state index contributed by atoms with van der Waals surface area (Å²) in [6.07, 6.45) is 4.44. The van der Waals surface area contributed by atoms with E-state index in [-0.39, 0.29) is 50.7 Å². The highest BCUT2D eigenvalue weighted by Gasteiger charge is 2.34. The van der Waals surface area contributed by atoms with Crippen molar-refractivity contribution in [1.29, 1.82) is 0 Å². The van der Waals surface area contributed by atoms with Crippen molar-refractivity contribution in [2.24, 2.45) is 0 Å². The Morgan fingerprint density at radius 2 is 1.93 bits per heavy atom. The van der Waals surface area contributed by atoms with Gasteiger partial charge in [0.25, 0.3) is 0 Å². The average molecular weight is 637 g/mol. The molecule has 1 aliphatic rings. The number of hydrogen-bond donors (Lipinski definition) is 0. The van der Waals surface area contributed by atoms with Crippen molar-refractivity contribution >= 4 is 45.5 Å². The Morgan fingerprint density at radius 3 is 2.59 bits per heavy atom. The summed E-state index contributed by atoms with van der Waals surface area (Å²) in [4.78, 5) is 44.6. The lowest BCUT2D eigenvalue weighted by Crippen LogP contribution is -2.58. The van der Waals surface area contributed by atoms with E-state index in [1.165, 1.54) is 29.0 Å². The highest BCUT2D eigenvalue weighted by atomic mass is 35.5. The van der Waals surface area contributed by atoms with E-state index in [1.807, 2.05) is 39.5 Å². The van der Waals surface area contributed by atoms with Gasteiger partial charge in [-0.3, -0.25) is 9.78 Å². The fourth-order valence-corrected chi connectivity index (χ4v) is 6.80. The second-order valence-corrected chi connectivity index (χ2v) is 13.1. The fraction of sp³-hybridized carbons (Fsp3) is 0.344. The Kier molecular flexibility index (Phi) is 8.84. The van der Waals surface area contributed by atoms with Crippen LogP contribution < -0.4 is 10.6 Å². The zero-order chi connectivity index (χ0) is 32.0. The van der Waals surface area contributed by atoms with Crippen molar-refractivity contribution in [3.05, 3.63) is 81.8 Å². The summed E-state index contributed by atoms with van der Waals surface area (Å²) in [5.74, 6) is -0.502. The van der Waals surface area contributed by atoms with Gasteiger partial charge in [-0.1, -0.05) is 38.1 Å². The third kappa shape index (κ3) is 5.48. The third-order valence-electron chi connectivity index (χ3n) is 7.96. The number of aryl methyl sites for hydroxylation is 1. The van der Waals surface area contributed by atoms with Gasteiger partial charge in [-0.25, -0.2) is 18.7 Å². The Hall–Kier alpha value is -3.80. The molecule has 12 heteroatoms. The first kappa shape index (κ1) is 31.6. The van der Waals surface area contributed by atoms with E-state index in [2.05, 4.69) is 16.5 Å². The normalized spacial score (nSPS) is 17.8. The molecule has 4 heterocycles. The molecule has 0 spiro atoms. The molecule has 1 aromatic carbocycles. The number of aromatic nitrogens is 4. The summed E-state index contributed by atoms with van der Waals surface area (Å²) >= 11 is 5.30. The average Bonchev–Trinajstić information content (AvgIpc) is 2.97. The van der Waals surface area contributed by atoms with Crippen LogP contribution in [-0.2, 0) is 16.0 Å². The lowest BCUT2D eigenvalue weighted by Gasteiger charge is -2.44. The predicted molar refractivity (Wildman–Crippen MR) is 173 cm³/mol. The molecule has 3 aromatic heterocycles. The third-order valence-corrected chi connectivity index (χ3v) is 9.21. The molecule has 5 rings (SSSR count). The molecular weight excluding hydrogens is 603 g/mol. The molecule has 4 aromatic rings. The van der Waals surface area contributed by atoms with Gasteiger partial charge in [-0.2, -0.15) is 4.98 Å². The molecule has 0 N–H and O–H groups in total. The van der Waals surface area contributed by atoms with Crippen LogP contribution in [0, 0.1) is 12.7 Å². The lowest BCUT2D eigenvalue weighted by atomic mass is 10.0. The van der Waals surface area contributed by atoms with Gasteiger partial charge in [-0.05, 0) is 73.8 Å². The Bertz CT molecular complexity index is 1850. The number of piperazine rings is 1. The summed E-state index contributed by atoms with van der Waals surface area (Å²) in [7, 11) is 0. The van der Waals surface area contributed by atoms with E-state index in [9.17, 15) is 14.1 Å². The number of rotatable bonds is 6. The number of pyridine rings is 2. The number of anilines is 1. The molecule has 0 saturated carbocycles. The quantitative estimate of drug-likeness (QED) is 0.206. The van der Waals surface area contributed by atoms with Crippen LogP contribution in [0.3, 0.4) is 0 Å². The molecule has 44 heavy (non-hydrogen) atoms. The van der Waals surface area contributed by atoms with Gasteiger partial charge in [0.05, 0.1) is 33.0 Å². The zero-order valence-electron chi connectivity index (χ0n) is 25.5. The molecule has 1 unspecified atom stereocenters. The van der Waals surface area contributed by atoms with Gasteiger partial charge in [0.15, 0.2) is 10.5 Å². The molecule has 0 aliphatic carbocycles. The summed E-state index contributed by atoms with van der Waals surface area (Å²) in [6.45, 7) is 14.1. The predicted octanol–water partition coefficient (Wildman–Crippen LogP) is 5.42. The van der Waals surface area contributed by atoms with E-state index in [1.54, 1.807) is 29.3 Å². The van der Waals surface area contributed by atoms with Gasteiger partial charge < -0.3 is 14.4 Å². The minimum Gasteiger partial charge on any atom is -0.612 e. The van der Waals surface area contributed by atoms with E-state index < -0.39 is 22.7 Å². The zero-order valence-corrected chi connectivity index (χ0v) is 27.0. The molecule has 1 amide bonds. The molecule has 1 fully saturated rings. The van der Waals surface area contributed by atoms with Crippen molar-refractivity contribution < 1.29 is 13.7 Å². The lowest BCUT2D eigenvalue weighted by molar-refractivity contribution is -0.128. The number of amides is 1. The first-order valence-electron chi connectivity index (χ1n) is 14.3. The minimum absolute atomic E-state index is 0.00290. The van der Waals surface area contributed by atoms with Crippen molar-refractivity contribution in [3.63, 3.8) is 0 Å². The van der Waals surface area contributed by atoms with Crippen molar-refractivity contribution in [2.75, 3.05) is 24.2 Å². The summed E-state index contributed by atoms with van der Waals surface area (Å²) in [5.41, 5.74) is 1.65. The maximum atomic E-state index is 15.4. The second-order valence-electron chi connectivity index (χ2n) is 11.4. The molecule has 1 aliphatic heterocycles. The SMILES string of the molecule is C=CC(=O)N1C[C@H](C)N(c2nc(=O)n(-c3c(C)ccnc3C(C)C)c3nc(-c4c(F)cccc4[S+](C)[O-])c(Cl)cc23)C[C@H]1C. The highest BCUT2D eigenvalue weighted by molar-refractivity contribution is 7.90. The van der Waals surface area contributed by atoms with Gasteiger partial charge in [0, 0.05) is 31.4 Å². The van der Waals surface area contributed by atoms with Crippen LogP contribution in [0.25, 0.3) is 28.0 Å². The number of carbonyl (C=O) groups excluding carboxylic acids is 1. The number of carbonyl (C=O) groups is 1.